The summed E-state index contributed by atoms with van der Waals surface area (Å²) in [6, 6.07) is 1.97. The van der Waals surface area contributed by atoms with Gasteiger partial charge < -0.3 is 24.4 Å². The van der Waals surface area contributed by atoms with Gasteiger partial charge in [0.05, 0.1) is 24.3 Å². The molecule has 0 bridgehead atoms. The molecule has 1 rings (SSSR count). The van der Waals surface area contributed by atoms with Crippen LogP contribution < -0.4 is 0 Å². The van der Waals surface area contributed by atoms with Crippen molar-refractivity contribution in [1.29, 1.82) is 0 Å². The number of unbranched alkanes of at least 4 members (excludes halogenated alkanes) is 1. The number of carbonyl (C=O) groups excluding carboxylic acids is 4. The van der Waals surface area contributed by atoms with E-state index in [-0.39, 0.29) is 36.5 Å². The first-order valence-corrected chi connectivity index (χ1v) is 9.73. The highest BCUT2D eigenvalue weighted by atomic mass is 16.5. The molecule has 0 radical (unpaired) electrons. The molecule has 0 amide bonds. The maximum atomic E-state index is 12.4. The van der Waals surface area contributed by atoms with Crippen LogP contribution in [-0.2, 0) is 19.0 Å². The predicted octanol–water partition coefficient (Wildman–Crippen LogP) is 1.83. The van der Waals surface area contributed by atoms with E-state index in [0.717, 1.165) is 32.1 Å². The van der Waals surface area contributed by atoms with Crippen molar-refractivity contribution in [3.63, 3.8) is 0 Å². The first-order chi connectivity index (χ1) is 15.1. The number of hydrogen-bond acceptors (Lipinski definition) is 9. The number of ether oxygens (including phenoxy) is 3. The van der Waals surface area contributed by atoms with E-state index in [2.05, 4.69) is 6.58 Å². The van der Waals surface area contributed by atoms with Crippen molar-refractivity contribution in [2.45, 2.75) is 32.8 Å². The summed E-state index contributed by atoms with van der Waals surface area (Å²) in [5, 5.41) is 19.2. The SMILES string of the molecule is C=CC(=O)OCCCCOCC(O)COC(=O)c1cc(C(C)=O)c(C(=O)O)cc1C(C)=O. The van der Waals surface area contributed by atoms with Crippen molar-refractivity contribution in [2.75, 3.05) is 26.4 Å². The van der Waals surface area contributed by atoms with Crippen LogP contribution in [0.3, 0.4) is 0 Å². The molecule has 0 saturated carbocycles. The smallest absolute Gasteiger partial charge is 0.338 e. The Kier molecular flexibility index (Phi) is 10.9. The number of rotatable bonds is 14. The number of aliphatic hydroxyl groups is 1. The molecule has 1 atom stereocenters. The molecule has 1 unspecified atom stereocenters. The number of ketones is 2. The molecule has 0 aliphatic carbocycles. The molecular weight excluding hydrogens is 424 g/mol. The normalized spacial score (nSPS) is 11.3. The summed E-state index contributed by atoms with van der Waals surface area (Å²) in [6.45, 7) is 5.48. The maximum absolute atomic E-state index is 12.4. The summed E-state index contributed by atoms with van der Waals surface area (Å²) < 4.78 is 15.1. The minimum Gasteiger partial charge on any atom is -0.478 e. The number of carboxylic acids is 1. The third kappa shape index (κ3) is 8.40. The minimum absolute atomic E-state index is 0.129. The van der Waals surface area contributed by atoms with Crippen LogP contribution >= 0.6 is 0 Å². The van der Waals surface area contributed by atoms with E-state index < -0.39 is 47.7 Å². The highest BCUT2D eigenvalue weighted by molar-refractivity contribution is 6.12. The number of carboxylic acid groups (broad SMARTS) is 1. The Labute approximate surface area is 184 Å². The summed E-state index contributed by atoms with van der Waals surface area (Å²) in [5.74, 6) is -4.10. The van der Waals surface area contributed by atoms with Gasteiger partial charge in [-0.05, 0) is 38.8 Å². The lowest BCUT2D eigenvalue weighted by Gasteiger charge is -2.14. The summed E-state index contributed by atoms with van der Waals surface area (Å²) >= 11 is 0. The van der Waals surface area contributed by atoms with Gasteiger partial charge in [0.1, 0.15) is 12.7 Å². The van der Waals surface area contributed by atoms with Crippen LogP contribution in [0.1, 0.15) is 68.1 Å². The molecule has 0 fully saturated rings. The van der Waals surface area contributed by atoms with E-state index in [1.807, 2.05) is 0 Å². The Morgan fingerprint density at radius 1 is 0.906 bits per heavy atom. The van der Waals surface area contributed by atoms with Crippen LogP contribution in [-0.4, -0.2) is 72.2 Å². The van der Waals surface area contributed by atoms with Gasteiger partial charge in [0, 0.05) is 23.8 Å². The summed E-state index contributed by atoms with van der Waals surface area (Å²) in [7, 11) is 0. The molecule has 0 aliphatic heterocycles. The van der Waals surface area contributed by atoms with Gasteiger partial charge in [-0.25, -0.2) is 14.4 Å². The third-order valence-corrected chi connectivity index (χ3v) is 4.18. The molecular formula is C22H26O10. The molecule has 1 aromatic rings. The van der Waals surface area contributed by atoms with Crippen molar-refractivity contribution in [3.05, 3.63) is 47.0 Å². The lowest BCUT2D eigenvalue weighted by atomic mass is 9.94. The first-order valence-electron chi connectivity index (χ1n) is 9.73. The molecule has 0 saturated heterocycles. The average Bonchev–Trinajstić information content (AvgIpc) is 2.75. The summed E-state index contributed by atoms with van der Waals surface area (Å²) in [6.07, 6.45) is 1.05. The maximum Gasteiger partial charge on any atom is 0.338 e. The molecule has 174 valence electrons. The number of hydrogen-bond donors (Lipinski definition) is 2. The van der Waals surface area contributed by atoms with Gasteiger partial charge in [0.25, 0.3) is 0 Å². The number of aromatic carboxylic acids is 1. The van der Waals surface area contributed by atoms with Gasteiger partial charge in [-0.2, -0.15) is 0 Å². The largest absolute Gasteiger partial charge is 0.478 e. The Morgan fingerprint density at radius 3 is 2.03 bits per heavy atom. The van der Waals surface area contributed by atoms with E-state index in [9.17, 15) is 34.2 Å². The van der Waals surface area contributed by atoms with E-state index in [0.29, 0.717) is 12.8 Å². The zero-order chi connectivity index (χ0) is 24.3. The lowest BCUT2D eigenvalue weighted by molar-refractivity contribution is -0.137. The van der Waals surface area contributed by atoms with Gasteiger partial charge in [-0.1, -0.05) is 6.58 Å². The van der Waals surface area contributed by atoms with E-state index >= 15 is 0 Å². The molecule has 0 aromatic heterocycles. The molecule has 32 heavy (non-hydrogen) atoms. The number of esters is 2. The average molecular weight is 450 g/mol. The summed E-state index contributed by atoms with van der Waals surface area (Å²) in [4.78, 5) is 58.3. The fourth-order valence-corrected chi connectivity index (χ4v) is 2.58. The zero-order valence-corrected chi connectivity index (χ0v) is 17.9. The van der Waals surface area contributed by atoms with Crippen LogP contribution in [0.5, 0.6) is 0 Å². The topological polar surface area (TPSA) is 153 Å². The number of benzene rings is 1. The Balaban J connectivity index is 2.63. The Bertz CT molecular complexity index is 887. The van der Waals surface area contributed by atoms with Crippen LogP contribution in [0.15, 0.2) is 24.8 Å². The molecule has 10 heteroatoms. The predicted molar refractivity (Wildman–Crippen MR) is 111 cm³/mol. The van der Waals surface area contributed by atoms with Crippen molar-refractivity contribution in [1.82, 2.24) is 0 Å². The second-order valence-corrected chi connectivity index (χ2v) is 6.77. The first kappa shape index (κ1) is 26.7. The fraction of sp³-hybridized carbons (Fsp3) is 0.409. The molecule has 1 aromatic carbocycles. The molecule has 0 spiro atoms. The number of carbonyl (C=O) groups is 5. The van der Waals surface area contributed by atoms with Gasteiger partial charge in [0.2, 0.25) is 0 Å². The van der Waals surface area contributed by atoms with E-state index in [4.69, 9.17) is 14.2 Å². The lowest BCUT2D eigenvalue weighted by Crippen LogP contribution is -2.25. The number of Topliss-reactive ketones (excluding diaryl/α,β-unsaturated/α-hetero) is 2. The van der Waals surface area contributed by atoms with Crippen molar-refractivity contribution in [3.8, 4) is 0 Å². The van der Waals surface area contributed by atoms with Gasteiger partial charge in [-0.3, -0.25) is 9.59 Å². The van der Waals surface area contributed by atoms with Gasteiger partial charge >= 0.3 is 17.9 Å². The van der Waals surface area contributed by atoms with Crippen LogP contribution in [0.2, 0.25) is 0 Å². The van der Waals surface area contributed by atoms with Crippen molar-refractivity contribution in [2.24, 2.45) is 0 Å². The van der Waals surface area contributed by atoms with Gasteiger partial charge in [-0.15, -0.1) is 0 Å². The van der Waals surface area contributed by atoms with Crippen LogP contribution in [0.25, 0.3) is 0 Å². The Hall–Kier alpha value is -3.37. The molecule has 0 aliphatic rings. The van der Waals surface area contributed by atoms with Crippen LogP contribution in [0.4, 0.5) is 0 Å². The minimum atomic E-state index is -1.41. The second-order valence-electron chi connectivity index (χ2n) is 6.77. The Morgan fingerprint density at radius 2 is 1.47 bits per heavy atom. The van der Waals surface area contributed by atoms with Crippen molar-refractivity contribution >= 4 is 29.5 Å². The highest BCUT2D eigenvalue weighted by Gasteiger charge is 2.24. The zero-order valence-electron chi connectivity index (χ0n) is 17.9. The highest BCUT2D eigenvalue weighted by Crippen LogP contribution is 2.20. The molecule has 2 N–H and O–H groups in total. The quantitative estimate of drug-likeness (QED) is 0.186. The van der Waals surface area contributed by atoms with E-state index in [1.165, 1.54) is 0 Å². The van der Waals surface area contributed by atoms with Crippen LogP contribution in [0, 0.1) is 0 Å². The van der Waals surface area contributed by atoms with Gasteiger partial charge in [0.15, 0.2) is 11.6 Å². The number of aliphatic hydroxyl groups excluding tert-OH is 1. The third-order valence-electron chi connectivity index (χ3n) is 4.18. The summed E-state index contributed by atoms with van der Waals surface area (Å²) in [5.41, 5.74) is -1.11. The standard InChI is InChI=1S/C22H26O10/c1-4-20(26)31-8-6-5-7-30-11-15(25)12-32-22(29)19-10-16(13(2)23)18(21(27)28)9-17(19)14(3)24/h4,9-10,15,25H,1,5-8,11-12H2,2-3H3,(H,27,28). The second kappa shape index (κ2) is 13.1. The van der Waals surface area contributed by atoms with E-state index in [1.54, 1.807) is 0 Å². The fourth-order valence-electron chi connectivity index (χ4n) is 2.58. The molecule has 10 nitrogen and oxygen atoms in total. The monoisotopic (exact) mass is 450 g/mol. The van der Waals surface area contributed by atoms with Crippen molar-refractivity contribution < 1.29 is 48.4 Å². The molecule has 0 heterocycles.